The molecule has 136 valence electrons. The van der Waals surface area contributed by atoms with Gasteiger partial charge in [-0.3, -0.25) is 4.79 Å². The Bertz CT molecular complexity index is 1070. The number of fused-ring (bicyclic) bond motifs is 1. The van der Waals surface area contributed by atoms with Crippen molar-refractivity contribution in [2.45, 2.75) is 24.8 Å². The van der Waals surface area contributed by atoms with E-state index in [1.54, 1.807) is 22.1 Å². The molecule has 5 rings (SSSR count). The third-order valence-corrected chi connectivity index (χ3v) is 6.16. The lowest BCUT2D eigenvalue weighted by atomic mass is 9.80. The van der Waals surface area contributed by atoms with E-state index in [9.17, 15) is 15.0 Å². The van der Waals surface area contributed by atoms with Crippen LogP contribution in [-0.4, -0.2) is 30.8 Å². The van der Waals surface area contributed by atoms with E-state index in [4.69, 9.17) is 0 Å². The largest absolute Gasteiger partial charge is 0.504 e. The topological polar surface area (TPSA) is 100 Å². The first-order chi connectivity index (χ1) is 13.1. The maximum atomic E-state index is 13.1. The van der Waals surface area contributed by atoms with Crippen molar-refractivity contribution in [1.29, 1.82) is 0 Å². The molecule has 3 aromatic rings. The van der Waals surface area contributed by atoms with E-state index >= 15 is 0 Å². The number of hydrogen-bond acceptors (Lipinski definition) is 7. The van der Waals surface area contributed by atoms with E-state index < -0.39 is 6.04 Å². The number of thiophene rings is 1. The molecule has 0 saturated carbocycles. The van der Waals surface area contributed by atoms with Crippen LogP contribution in [0.5, 0.6) is 11.5 Å². The van der Waals surface area contributed by atoms with Gasteiger partial charge in [-0.1, -0.05) is 12.1 Å². The number of aromatic nitrogens is 3. The molecule has 0 radical (unpaired) electrons. The normalized spacial score (nSPS) is 21.6. The second-order valence-electron chi connectivity index (χ2n) is 6.74. The summed E-state index contributed by atoms with van der Waals surface area (Å²) in [6.07, 6.45) is 2.59. The van der Waals surface area contributed by atoms with Crippen LogP contribution in [0.3, 0.4) is 0 Å². The highest BCUT2D eigenvalue weighted by Crippen LogP contribution is 2.45. The van der Waals surface area contributed by atoms with E-state index in [0.717, 1.165) is 12.1 Å². The minimum absolute atomic E-state index is 0.0564. The summed E-state index contributed by atoms with van der Waals surface area (Å²) >= 11 is 1.66. The summed E-state index contributed by atoms with van der Waals surface area (Å²) < 4.78 is 1.65. The van der Waals surface area contributed by atoms with Crippen LogP contribution in [0.15, 0.2) is 53.3 Å². The van der Waals surface area contributed by atoms with Gasteiger partial charge in [0.15, 0.2) is 17.3 Å². The van der Waals surface area contributed by atoms with Gasteiger partial charge in [0.2, 0.25) is 5.95 Å². The standard InChI is InChI=1S/C19H16N4O3S/c24-13-4-3-10(7-14(13)25)18-17-12(22-19-20-9-21-23(18)19)6-11(8-15(17)26)16-2-1-5-27-16/h1-5,7,9,11,18,24-25H,6,8H2,(H,20,21,22)/t11-,18+/m1/s1. The summed E-state index contributed by atoms with van der Waals surface area (Å²) in [5.41, 5.74) is 2.17. The van der Waals surface area contributed by atoms with Crippen LogP contribution in [0.4, 0.5) is 5.95 Å². The first-order valence-corrected chi connectivity index (χ1v) is 9.48. The molecule has 0 spiro atoms. The molecule has 2 aromatic heterocycles. The van der Waals surface area contributed by atoms with Gasteiger partial charge in [0.1, 0.15) is 12.4 Å². The second-order valence-corrected chi connectivity index (χ2v) is 7.72. The fourth-order valence-electron chi connectivity index (χ4n) is 3.90. The van der Waals surface area contributed by atoms with Gasteiger partial charge in [-0.15, -0.1) is 11.3 Å². The van der Waals surface area contributed by atoms with Gasteiger partial charge in [0.25, 0.3) is 0 Å². The van der Waals surface area contributed by atoms with E-state index in [1.807, 2.05) is 11.4 Å². The Morgan fingerprint density at radius 3 is 2.85 bits per heavy atom. The number of phenolic OH excluding ortho intramolecular Hbond substituents is 2. The summed E-state index contributed by atoms with van der Waals surface area (Å²) in [5, 5.41) is 29.2. The van der Waals surface area contributed by atoms with Crippen molar-refractivity contribution in [2.75, 3.05) is 5.32 Å². The van der Waals surface area contributed by atoms with Crippen molar-refractivity contribution in [1.82, 2.24) is 14.8 Å². The van der Waals surface area contributed by atoms with E-state index in [2.05, 4.69) is 21.5 Å². The van der Waals surface area contributed by atoms with Crippen LogP contribution in [0.2, 0.25) is 0 Å². The summed E-state index contributed by atoms with van der Waals surface area (Å²) in [7, 11) is 0. The summed E-state index contributed by atoms with van der Waals surface area (Å²) in [4.78, 5) is 18.6. The Kier molecular flexibility index (Phi) is 3.54. The Morgan fingerprint density at radius 2 is 2.07 bits per heavy atom. The number of nitrogens with one attached hydrogen (secondary N) is 1. The van der Waals surface area contributed by atoms with E-state index in [0.29, 0.717) is 23.5 Å². The number of benzene rings is 1. The number of hydrogen-bond donors (Lipinski definition) is 3. The number of carbonyl (C=O) groups is 1. The van der Waals surface area contributed by atoms with Crippen LogP contribution in [0, 0.1) is 0 Å². The third kappa shape index (κ3) is 2.52. The Morgan fingerprint density at radius 1 is 1.19 bits per heavy atom. The lowest BCUT2D eigenvalue weighted by molar-refractivity contribution is -0.116. The molecule has 2 atom stereocenters. The highest BCUT2D eigenvalue weighted by molar-refractivity contribution is 7.10. The number of Topliss-reactive ketones (excluding diaryl/α,β-unsaturated/α-hetero) is 1. The van der Waals surface area contributed by atoms with Crippen LogP contribution < -0.4 is 5.32 Å². The molecule has 0 saturated heterocycles. The molecule has 8 heteroatoms. The lowest BCUT2D eigenvalue weighted by Gasteiger charge is -2.34. The SMILES string of the molecule is O=C1C[C@H](c2cccs2)CC2=C1[C@H](c1ccc(O)c(O)c1)n1ncnc1N2. The third-order valence-electron chi connectivity index (χ3n) is 5.12. The quantitative estimate of drug-likeness (QED) is 0.591. The van der Waals surface area contributed by atoms with Gasteiger partial charge in [0, 0.05) is 28.5 Å². The molecular weight excluding hydrogens is 364 g/mol. The molecule has 2 aliphatic rings. The van der Waals surface area contributed by atoms with Gasteiger partial charge in [0.05, 0.1) is 0 Å². The molecule has 0 unspecified atom stereocenters. The van der Waals surface area contributed by atoms with Crippen LogP contribution in [0.1, 0.15) is 35.2 Å². The number of aromatic hydroxyl groups is 2. The molecule has 1 aliphatic heterocycles. The van der Waals surface area contributed by atoms with Crippen molar-refractivity contribution in [3.8, 4) is 11.5 Å². The number of anilines is 1. The lowest BCUT2D eigenvalue weighted by Crippen LogP contribution is -2.33. The summed E-state index contributed by atoms with van der Waals surface area (Å²) in [6.45, 7) is 0. The molecule has 7 nitrogen and oxygen atoms in total. The Balaban J connectivity index is 1.63. The van der Waals surface area contributed by atoms with Gasteiger partial charge in [-0.25, -0.2) is 4.68 Å². The molecule has 0 fully saturated rings. The van der Waals surface area contributed by atoms with Crippen molar-refractivity contribution >= 4 is 23.1 Å². The Hall–Kier alpha value is -3.13. The van der Waals surface area contributed by atoms with Crippen LogP contribution in [-0.2, 0) is 4.79 Å². The molecule has 1 aliphatic carbocycles. The van der Waals surface area contributed by atoms with Gasteiger partial charge >= 0.3 is 0 Å². The zero-order valence-corrected chi connectivity index (χ0v) is 15.0. The maximum absolute atomic E-state index is 13.1. The predicted molar refractivity (Wildman–Crippen MR) is 99.9 cm³/mol. The molecule has 0 bridgehead atoms. The number of nitrogens with zero attached hydrogens (tertiary/aromatic N) is 3. The highest BCUT2D eigenvalue weighted by atomic mass is 32.1. The Labute approximate surface area is 158 Å². The molecule has 3 N–H and O–H groups in total. The first kappa shape index (κ1) is 16.1. The average Bonchev–Trinajstić information content (AvgIpc) is 3.33. The van der Waals surface area contributed by atoms with Crippen molar-refractivity contribution in [2.24, 2.45) is 0 Å². The monoisotopic (exact) mass is 380 g/mol. The number of ketones is 1. The molecule has 3 heterocycles. The van der Waals surface area contributed by atoms with Crippen LogP contribution >= 0.6 is 11.3 Å². The predicted octanol–water partition coefficient (Wildman–Crippen LogP) is 3.17. The van der Waals surface area contributed by atoms with Gasteiger partial charge < -0.3 is 15.5 Å². The second kappa shape index (κ2) is 5.95. The average molecular weight is 380 g/mol. The number of carbonyl (C=O) groups excluding carboxylic acids is 1. The maximum Gasteiger partial charge on any atom is 0.226 e. The number of rotatable bonds is 2. The fraction of sp³-hybridized carbons (Fsp3) is 0.211. The molecule has 27 heavy (non-hydrogen) atoms. The summed E-state index contributed by atoms with van der Waals surface area (Å²) in [5.74, 6) is 0.335. The molecular formula is C19H16N4O3S. The van der Waals surface area contributed by atoms with Gasteiger partial charge in [-0.2, -0.15) is 10.1 Å². The zero-order valence-electron chi connectivity index (χ0n) is 14.2. The zero-order chi connectivity index (χ0) is 18.5. The van der Waals surface area contributed by atoms with Crippen molar-refractivity contribution < 1.29 is 15.0 Å². The van der Waals surface area contributed by atoms with Gasteiger partial charge in [-0.05, 0) is 35.6 Å². The van der Waals surface area contributed by atoms with E-state index in [1.165, 1.54) is 23.3 Å². The first-order valence-electron chi connectivity index (χ1n) is 8.60. The van der Waals surface area contributed by atoms with Crippen LogP contribution in [0.25, 0.3) is 0 Å². The molecule has 1 aromatic carbocycles. The fourth-order valence-corrected chi connectivity index (χ4v) is 4.73. The minimum atomic E-state index is -0.484. The van der Waals surface area contributed by atoms with Crippen molar-refractivity contribution in [3.63, 3.8) is 0 Å². The number of allylic oxidation sites excluding steroid dienone is 2. The number of phenols is 2. The van der Waals surface area contributed by atoms with E-state index in [-0.39, 0.29) is 23.2 Å². The smallest absolute Gasteiger partial charge is 0.226 e. The summed E-state index contributed by atoms with van der Waals surface area (Å²) in [6, 6.07) is 8.17. The highest BCUT2D eigenvalue weighted by Gasteiger charge is 2.39. The minimum Gasteiger partial charge on any atom is -0.504 e. The van der Waals surface area contributed by atoms with Crippen molar-refractivity contribution in [3.05, 3.63) is 63.7 Å². The molecule has 0 amide bonds.